The van der Waals surface area contributed by atoms with Crippen molar-refractivity contribution in [3.8, 4) is 0 Å². The molecule has 0 aromatic carbocycles. The molecule has 1 N–H and O–H groups in total. The van der Waals surface area contributed by atoms with E-state index >= 15 is 0 Å². The molecule has 4 heteroatoms. The van der Waals surface area contributed by atoms with Gasteiger partial charge in [-0.3, -0.25) is 9.69 Å². The number of ether oxygens (including phenoxy) is 1. The van der Waals surface area contributed by atoms with Gasteiger partial charge in [0, 0.05) is 31.8 Å². The van der Waals surface area contributed by atoms with Gasteiger partial charge in [-0.2, -0.15) is 0 Å². The molecule has 0 radical (unpaired) electrons. The van der Waals surface area contributed by atoms with E-state index < -0.39 is 5.54 Å². The number of nitrogens with zero attached hydrogens (tertiary/aromatic N) is 1. The largest absolute Gasteiger partial charge is 0.501 e. The maximum absolute atomic E-state index is 12.5. The van der Waals surface area contributed by atoms with Crippen molar-refractivity contribution in [2.75, 3.05) is 32.8 Å². The van der Waals surface area contributed by atoms with Crippen LogP contribution >= 0.6 is 0 Å². The van der Waals surface area contributed by atoms with Gasteiger partial charge in [-0.05, 0) is 26.7 Å². The fourth-order valence-electron chi connectivity index (χ4n) is 2.49. The van der Waals surface area contributed by atoms with E-state index in [0.717, 1.165) is 51.2 Å². The highest BCUT2D eigenvalue weighted by Crippen LogP contribution is 2.24. The van der Waals surface area contributed by atoms with E-state index in [1.54, 1.807) is 6.26 Å². The van der Waals surface area contributed by atoms with Gasteiger partial charge >= 0.3 is 0 Å². The molecule has 0 bridgehead atoms. The standard InChI is InChI=1S/C13H22N2O2/c1-13(2,15-7-5-14-6-8-15)12(16)11-4-3-9-17-10-11/h10,14H,3-9H2,1-2H3. The molecule has 1 fully saturated rings. The van der Waals surface area contributed by atoms with Crippen LogP contribution in [0.25, 0.3) is 0 Å². The third-order valence-corrected chi connectivity index (χ3v) is 3.69. The average Bonchev–Trinajstić information content (AvgIpc) is 2.40. The van der Waals surface area contributed by atoms with Gasteiger partial charge in [0.2, 0.25) is 0 Å². The first-order chi connectivity index (χ1) is 8.12. The summed E-state index contributed by atoms with van der Waals surface area (Å²) in [5.41, 5.74) is 0.439. The molecule has 0 aromatic heterocycles. The van der Waals surface area contributed by atoms with Crippen molar-refractivity contribution in [1.29, 1.82) is 0 Å². The van der Waals surface area contributed by atoms with Crippen LogP contribution in [0.4, 0.5) is 0 Å². The summed E-state index contributed by atoms with van der Waals surface area (Å²) in [6.07, 6.45) is 3.47. The minimum atomic E-state index is -0.408. The molecule has 2 heterocycles. The van der Waals surface area contributed by atoms with Gasteiger partial charge in [-0.1, -0.05) is 0 Å². The summed E-state index contributed by atoms with van der Waals surface area (Å²) in [5, 5.41) is 3.31. The van der Waals surface area contributed by atoms with Gasteiger partial charge in [0.05, 0.1) is 18.4 Å². The lowest BCUT2D eigenvalue weighted by Crippen LogP contribution is -2.57. The number of carbonyl (C=O) groups is 1. The predicted molar refractivity (Wildman–Crippen MR) is 66.8 cm³/mol. The van der Waals surface area contributed by atoms with Gasteiger partial charge in [-0.25, -0.2) is 0 Å². The Balaban J connectivity index is 2.07. The van der Waals surface area contributed by atoms with Crippen LogP contribution in [0.3, 0.4) is 0 Å². The van der Waals surface area contributed by atoms with Crippen molar-refractivity contribution in [3.63, 3.8) is 0 Å². The van der Waals surface area contributed by atoms with Crippen molar-refractivity contribution in [2.24, 2.45) is 0 Å². The van der Waals surface area contributed by atoms with Crippen LogP contribution in [0.15, 0.2) is 11.8 Å². The Morgan fingerprint density at radius 1 is 1.41 bits per heavy atom. The van der Waals surface area contributed by atoms with E-state index in [1.165, 1.54) is 0 Å². The number of ketones is 1. The highest BCUT2D eigenvalue weighted by Gasteiger charge is 2.37. The first-order valence-electron chi connectivity index (χ1n) is 6.43. The molecule has 4 nitrogen and oxygen atoms in total. The van der Waals surface area contributed by atoms with Crippen LogP contribution in [0, 0.1) is 0 Å². The molecule has 17 heavy (non-hydrogen) atoms. The number of hydrogen-bond acceptors (Lipinski definition) is 4. The first-order valence-corrected chi connectivity index (χ1v) is 6.43. The summed E-state index contributed by atoms with van der Waals surface area (Å²) in [7, 11) is 0. The van der Waals surface area contributed by atoms with Gasteiger partial charge in [-0.15, -0.1) is 0 Å². The van der Waals surface area contributed by atoms with Crippen LogP contribution in [0.1, 0.15) is 26.7 Å². The molecule has 0 saturated carbocycles. The summed E-state index contributed by atoms with van der Waals surface area (Å²) in [6, 6.07) is 0. The molecule has 0 aliphatic carbocycles. The normalized spacial score (nSPS) is 22.8. The smallest absolute Gasteiger partial charge is 0.181 e. The number of nitrogens with one attached hydrogen (secondary N) is 1. The molecule has 0 aromatic rings. The summed E-state index contributed by atoms with van der Waals surface area (Å²) in [6.45, 7) is 8.59. The second kappa shape index (κ2) is 5.19. The molecule has 2 rings (SSSR count). The Morgan fingerprint density at radius 3 is 2.71 bits per heavy atom. The van der Waals surface area contributed by atoms with Crippen LogP contribution in [-0.2, 0) is 9.53 Å². The fraction of sp³-hybridized carbons (Fsp3) is 0.769. The average molecular weight is 238 g/mol. The highest BCUT2D eigenvalue weighted by molar-refractivity contribution is 6.02. The van der Waals surface area contributed by atoms with Crippen molar-refractivity contribution in [3.05, 3.63) is 11.8 Å². The van der Waals surface area contributed by atoms with Crippen molar-refractivity contribution in [1.82, 2.24) is 10.2 Å². The quantitative estimate of drug-likeness (QED) is 0.794. The molecule has 0 atom stereocenters. The van der Waals surface area contributed by atoms with Crippen molar-refractivity contribution >= 4 is 5.78 Å². The molecule has 0 unspecified atom stereocenters. The third-order valence-electron chi connectivity index (χ3n) is 3.69. The van der Waals surface area contributed by atoms with Crippen molar-refractivity contribution in [2.45, 2.75) is 32.2 Å². The van der Waals surface area contributed by atoms with Gasteiger partial charge in [0.15, 0.2) is 5.78 Å². The lowest BCUT2D eigenvalue weighted by molar-refractivity contribution is -0.126. The second-order valence-electron chi connectivity index (χ2n) is 5.24. The predicted octanol–water partition coefficient (Wildman–Crippen LogP) is 0.934. The van der Waals surface area contributed by atoms with E-state index in [9.17, 15) is 4.79 Å². The topological polar surface area (TPSA) is 41.6 Å². The van der Waals surface area contributed by atoms with Crippen LogP contribution < -0.4 is 5.32 Å². The Bertz CT molecular complexity index is 317. The minimum Gasteiger partial charge on any atom is -0.501 e. The van der Waals surface area contributed by atoms with E-state index in [2.05, 4.69) is 10.2 Å². The van der Waals surface area contributed by atoms with Gasteiger partial charge in [0.25, 0.3) is 0 Å². The monoisotopic (exact) mass is 238 g/mol. The number of hydrogen-bond donors (Lipinski definition) is 1. The molecule has 96 valence electrons. The zero-order valence-corrected chi connectivity index (χ0v) is 10.8. The van der Waals surface area contributed by atoms with Crippen LogP contribution in [0.5, 0.6) is 0 Å². The van der Waals surface area contributed by atoms with Crippen molar-refractivity contribution < 1.29 is 9.53 Å². The van der Waals surface area contributed by atoms with E-state index in [4.69, 9.17) is 4.74 Å². The summed E-state index contributed by atoms with van der Waals surface area (Å²) in [5.74, 6) is 0.221. The SMILES string of the molecule is CC(C)(C(=O)C1=COCCC1)N1CCNCC1. The summed E-state index contributed by atoms with van der Waals surface area (Å²) in [4.78, 5) is 14.8. The molecular formula is C13H22N2O2. The molecule has 0 amide bonds. The van der Waals surface area contributed by atoms with E-state index in [0.29, 0.717) is 0 Å². The molecule has 2 aliphatic heterocycles. The lowest BCUT2D eigenvalue weighted by atomic mass is 9.88. The molecule has 0 spiro atoms. The van der Waals surface area contributed by atoms with Gasteiger partial charge < -0.3 is 10.1 Å². The van der Waals surface area contributed by atoms with E-state index in [1.807, 2.05) is 13.8 Å². The van der Waals surface area contributed by atoms with E-state index in [-0.39, 0.29) is 5.78 Å². The number of piperazine rings is 1. The highest BCUT2D eigenvalue weighted by atomic mass is 16.5. The zero-order chi connectivity index (χ0) is 12.3. The Labute approximate surface area is 103 Å². The van der Waals surface area contributed by atoms with Crippen LogP contribution in [-0.4, -0.2) is 49.0 Å². The maximum Gasteiger partial charge on any atom is 0.181 e. The second-order valence-corrected chi connectivity index (χ2v) is 5.24. The van der Waals surface area contributed by atoms with Crippen LogP contribution in [0.2, 0.25) is 0 Å². The Morgan fingerprint density at radius 2 is 2.12 bits per heavy atom. The Hall–Kier alpha value is -0.870. The molecule has 1 saturated heterocycles. The Kier molecular flexibility index (Phi) is 3.84. The maximum atomic E-state index is 12.5. The number of rotatable bonds is 3. The minimum absolute atomic E-state index is 0.221. The van der Waals surface area contributed by atoms with Gasteiger partial charge in [0.1, 0.15) is 0 Å². The first kappa shape index (κ1) is 12.6. The fourth-order valence-corrected chi connectivity index (χ4v) is 2.49. The number of carbonyl (C=O) groups excluding carboxylic acids is 1. The number of Topliss-reactive ketones (excluding diaryl/α,β-unsaturated/α-hetero) is 1. The summed E-state index contributed by atoms with van der Waals surface area (Å²) >= 11 is 0. The molecular weight excluding hydrogens is 216 g/mol. The molecule has 2 aliphatic rings. The zero-order valence-electron chi connectivity index (χ0n) is 10.8. The summed E-state index contributed by atoms with van der Waals surface area (Å²) < 4.78 is 5.27. The lowest BCUT2D eigenvalue weighted by Gasteiger charge is -2.40. The third kappa shape index (κ3) is 2.69.